The third-order valence-corrected chi connectivity index (χ3v) is 2.75. The zero-order valence-electron chi connectivity index (χ0n) is 11.0. The lowest BCUT2D eigenvalue weighted by molar-refractivity contribution is -0.118. The lowest BCUT2D eigenvalue weighted by Gasteiger charge is -2.08. The molecule has 0 aliphatic carbocycles. The second-order valence-electron chi connectivity index (χ2n) is 5.00. The van der Waals surface area contributed by atoms with Gasteiger partial charge in [0.15, 0.2) is 5.78 Å². The normalized spacial score (nSPS) is 10.6. The molecule has 0 heterocycles. The zero-order valence-corrected chi connectivity index (χ0v) is 11.0. The molecule has 0 saturated heterocycles. The molecule has 0 aliphatic rings. The van der Waals surface area contributed by atoms with Crippen molar-refractivity contribution in [2.24, 2.45) is 5.92 Å². The number of aryl methyl sites for hydroxylation is 2. The summed E-state index contributed by atoms with van der Waals surface area (Å²) in [6, 6.07) is 5.75. The molecular weight excluding hydrogens is 212 g/mol. The van der Waals surface area contributed by atoms with Gasteiger partial charge < -0.3 is 0 Å². The Morgan fingerprint density at radius 2 is 1.65 bits per heavy atom. The van der Waals surface area contributed by atoms with Crippen LogP contribution in [-0.4, -0.2) is 11.6 Å². The molecule has 0 fully saturated rings. The predicted octanol–water partition coefficient (Wildman–Crippen LogP) is 3.49. The van der Waals surface area contributed by atoms with Crippen LogP contribution in [0.4, 0.5) is 0 Å². The van der Waals surface area contributed by atoms with Crippen LogP contribution >= 0.6 is 0 Å². The predicted molar refractivity (Wildman–Crippen MR) is 69.3 cm³/mol. The summed E-state index contributed by atoms with van der Waals surface area (Å²) in [4.78, 5) is 23.7. The van der Waals surface area contributed by atoms with E-state index in [0.29, 0.717) is 17.9 Å². The first-order chi connectivity index (χ1) is 7.91. The van der Waals surface area contributed by atoms with Crippen molar-refractivity contribution in [3.63, 3.8) is 0 Å². The molecule has 0 atom stereocenters. The summed E-state index contributed by atoms with van der Waals surface area (Å²) in [5, 5.41) is 0. The molecule has 0 amide bonds. The van der Waals surface area contributed by atoms with Crippen LogP contribution in [0.3, 0.4) is 0 Å². The van der Waals surface area contributed by atoms with Crippen LogP contribution in [0, 0.1) is 19.8 Å². The van der Waals surface area contributed by atoms with Crippen molar-refractivity contribution in [3.05, 3.63) is 34.9 Å². The van der Waals surface area contributed by atoms with E-state index >= 15 is 0 Å². The molecule has 0 spiro atoms. The van der Waals surface area contributed by atoms with Crippen molar-refractivity contribution in [1.82, 2.24) is 0 Å². The Morgan fingerprint density at radius 3 is 2.12 bits per heavy atom. The molecule has 0 radical (unpaired) electrons. The van der Waals surface area contributed by atoms with Crippen LogP contribution in [0.1, 0.15) is 48.2 Å². The van der Waals surface area contributed by atoms with Gasteiger partial charge in [-0.25, -0.2) is 0 Å². The summed E-state index contributed by atoms with van der Waals surface area (Å²) >= 11 is 0. The van der Waals surface area contributed by atoms with Crippen molar-refractivity contribution in [2.45, 2.75) is 40.5 Å². The van der Waals surface area contributed by atoms with E-state index < -0.39 is 0 Å². The molecular formula is C15H20O2. The van der Waals surface area contributed by atoms with Crippen molar-refractivity contribution in [3.8, 4) is 0 Å². The highest BCUT2D eigenvalue weighted by molar-refractivity contribution is 6.09. The fourth-order valence-corrected chi connectivity index (χ4v) is 2.05. The largest absolute Gasteiger partial charge is 0.299 e. The second kappa shape index (κ2) is 5.76. The van der Waals surface area contributed by atoms with Crippen molar-refractivity contribution < 1.29 is 9.59 Å². The van der Waals surface area contributed by atoms with E-state index in [1.165, 1.54) is 0 Å². The molecule has 1 aromatic rings. The summed E-state index contributed by atoms with van der Waals surface area (Å²) in [6.07, 6.45) is 0.514. The SMILES string of the molecule is Cc1cccc(C)c1C(=O)CC(=O)CC(C)C. The third-order valence-electron chi connectivity index (χ3n) is 2.75. The average molecular weight is 232 g/mol. The Morgan fingerprint density at radius 1 is 1.12 bits per heavy atom. The molecule has 0 N–H and O–H groups in total. The lowest BCUT2D eigenvalue weighted by atomic mass is 9.94. The van der Waals surface area contributed by atoms with E-state index in [1.54, 1.807) is 0 Å². The van der Waals surface area contributed by atoms with Crippen LogP contribution in [0.5, 0.6) is 0 Å². The summed E-state index contributed by atoms with van der Waals surface area (Å²) in [5.41, 5.74) is 2.62. The average Bonchev–Trinajstić information content (AvgIpc) is 2.15. The summed E-state index contributed by atoms with van der Waals surface area (Å²) < 4.78 is 0. The van der Waals surface area contributed by atoms with E-state index in [2.05, 4.69) is 0 Å². The van der Waals surface area contributed by atoms with Gasteiger partial charge in [-0.15, -0.1) is 0 Å². The van der Waals surface area contributed by atoms with Crippen LogP contribution in [0.25, 0.3) is 0 Å². The Labute approximate surface area is 103 Å². The van der Waals surface area contributed by atoms with Gasteiger partial charge in [0, 0.05) is 12.0 Å². The maximum atomic E-state index is 12.1. The molecule has 17 heavy (non-hydrogen) atoms. The van der Waals surface area contributed by atoms with Crippen molar-refractivity contribution >= 4 is 11.6 Å². The van der Waals surface area contributed by atoms with E-state index in [1.807, 2.05) is 45.9 Å². The zero-order chi connectivity index (χ0) is 13.0. The van der Waals surface area contributed by atoms with Gasteiger partial charge in [0.2, 0.25) is 0 Å². The Bertz CT molecular complexity index is 410. The first-order valence-corrected chi connectivity index (χ1v) is 6.03. The van der Waals surface area contributed by atoms with Crippen LogP contribution < -0.4 is 0 Å². The fourth-order valence-electron chi connectivity index (χ4n) is 2.05. The van der Waals surface area contributed by atoms with Gasteiger partial charge in [-0.05, 0) is 30.9 Å². The smallest absolute Gasteiger partial charge is 0.170 e. The first kappa shape index (κ1) is 13.6. The fraction of sp³-hybridized carbons (Fsp3) is 0.467. The Balaban J connectivity index is 2.80. The third kappa shape index (κ3) is 3.81. The maximum absolute atomic E-state index is 12.1. The van der Waals surface area contributed by atoms with E-state index in [4.69, 9.17) is 0 Å². The number of carbonyl (C=O) groups is 2. The molecule has 0 bridgehead atoms. The Kier molecular flexibility index (Phi) is 4.62. The highest BCUT2D eigenvalue weighted by Gasteiger charge is 2.16. The van der Waals surface area contributed by atoms with E-state index in [0.717, 1.165) is 11.1 Å². The molecule has 0 aliphatic heterocycles. The topological polar surface area (TPSA) is 34.1 Å². The van der Waals surface area contributed by atoms with Gasteiger partial charge in [0.05, 0.1) is 6.42 Å². The molecule has 0 aromatic heterocycles. The van der Waals surface area contributed by atoms with Gasteiger partial charge in [-0.3, -0.25) is 9.59 Å². The van der Waals surface area contributed by atoms with Crippen LogP contribution in [0.2, 0.25) is 0 Å². The van der Waals surface area contributed by atoms with Crippen molar-refractivity contribution in [1.29, 1.82) is 0 Å². The van der Waals surface area contributed by atoms with Gasteiger partial charge in [0.1, 0.15) is 5.78 Å². The van der Waals surface area contributed by atoms with Gasteiger partial charge in [-0.2, -0.15) is 0 Å². The van der Waals surface area contributed by atoms with E-state index in [-0.39, 0.29) is 18.0 Å². The van der Waals surface area contributed by atoms with Crippen LogP contribution in [0.15, 0.2) is 18.2 Å². The number of benzene rings is 1. The number of rotatable bonds is 5. The second-order valence-corrected chi connectivity index (χ2v) is 5.00. The van der Waals surface area contributed by atoms with Gasteiger partial charge in [-0.1, -0.05) is 32.0 Å². The summed E-state index contributed by atoms with van der Waals surface area (Å²) in [5.74, 6) is 0.298. The minimum atomic E-state index is -0.0498. The van der Waals surface area contributed by atoms with E-state index in [9.17, 15) is 9.59 Å². The summed E-state index contributed by atoms with van der Waals surface area (Å²) in [7, 11) is 0. The quantitative estimate of drug-likeness (QED) is 0.575. The van der Waals surface area contributed by atoms with Gasteiger partial charge >= 0.3 is 0 Å². The molecule has 0 saturated carbocycles. The number of Topliss-reactive ketones (excluding diaryl/α,β-unsaturated/α-hetero) is 2. The minimum absolute atomic E-state index is 0.0316. The highest BCUT2D eigenvalue weighted by Crippen LogP contribution is 2.16. The lowest BCUT2D eigenvalue weighted by Crippen LogP contribution is -2.12. The molecule has 2 heteroatoms. The number of hydrogen-bond acceptors (Lipinski definition) is 2. The summed E-state index contributed by atoms with van der Waals surface area (Å²) in [6.45, 7) is 7.79. The standard InChI is InChI=1S/C15H20O2/c1-10(2)8-13(16)9-14(17)15-11(3)6-5-7-12(15)4/h5-7,10H,8-9H2,1-4H3. The van der Waals surface area contributed by atoms with Crippen LogP contribution in [-0.2, 0) is 4.79 Å². The molecule has 0 unspecified atom stereocenters. The minimum Gasteiger partial charge on any atom is -0.299 e. The molecule has 2 nitrogen and oxygen atoms in total. The monoisotopic (exact) mass is 232 g/mol. The highest BCUT2D eigenvalue weighted by atomic mass is 16.1. The van der Waals surface area contributed by atoms with Gasteiger partial charge in [0.25, 0.3) is 0 Å². The number of carbonyl (C=O) groups excluding carboxylic acids is 2. The maximum Gasteiger partial charge on any atom is 0.170 e. The molecule has 1 aromatic carbocycles. The molecule has 1 rings (SSSR count). The molecule has 92 valence electrons. The Hall–Kier alpha value is -1.44. The van der Waals surface area contributed by atoms with Crippen molar-refractivity contribution in [2.75, 3.05) is 0 Å². The number of ketones is 2. The first-order valence-electron chi connectivity index (χ1n) is 6.03. The number of hydrogen-bond donors (Lipinski definition) is 0.